The summed E-state index contributed by atoms with van der Waals surface area (Å²) in [4.78, 5) is 23.3. The van der Waals surface area contributed by atoms with E-state index in [9.17, 15) is 20.0 Å². The van der Waals surface area contributed by atoms with Gasteiger partial charge in [-0.2, -0.15) is 0 Å². The van der Waals surface area contributed by atoms with Gasteiger partial charge in [0.1, 0.15) is 5.69 Å². The third-order valence-electron chi connectivity index (χ3n) is 2.84. The Labute approximate surface area is 117 Å². The van der Waals surface area contributed by atoms with E-state index in [-0.39, 0.29) is 24.3 Å². The van der Waals surface area contributed by atoms with Crippen molar-refractivity contribution in [3.63, 3.8) is 0 Å². The zero-order chi connectivity index (χ0) is 14.2. The van der Waals surface area contributed by atoms with Crippen LogP contribution in [0.1, 0.15) is 5.56 Å². The standard InChI is InChI=1S/C11H11BrN2O5/c1-19-11(16)13-5-8(15)3-6-2-7(12)4-9(10(6)13)14(17)18/h2,4,8,15H,3,5H2,1H3/t8-/m0/s1. The van der Waals surface area contributed by atoms with E-state index in [0.717, 1.165) is 4.90 Å². The van der Waals surface area contributed by atoms with E-state index < -0.39 is 17.1 Å². The average Bonchev–Trinajstić information content (AvgIpc) is 2.35. The Bertz CT molecular complexity index is 548. The Morgan fingerprint density at radius 1 is 1.63 bits per heavy atom. The smallest absolute Gasteiger partial charge is 0.414 e. The number of amides is 1. The highest BCUT2D eigenvalue weighted by molar-refractivity contribution is 9.10. The van der Waals surface area contributed by atoms with E-state index in [4.69, 9.17) is 0 Å². The molecule has 0 saturated heterocycles. The summed E-state index contributed by atoms with van der Waals surface area (Å²) in [6.07, 6.45) is -1.26. The number of anilines is 1. The number of nitro benzene ring substituents is 1. The first kappa shape index (κ1) is 13.8. The van der Waals surface area contributed by atoms with Crippen molar-refractivity contribution < 1.29 is 19.6 Å². The average molecular weight is 331 g/mol. The molecule has 0 aromatic heterocycles. The van der Waals surface area contributed by atoms with Crippen LogP contribution in [0.3, 0.4) is 0 Å². The summed E-state index contributed by atoms with van der Waals surface area (Å²) < 4.78 is 5.13. The minimum Gasteiger partial charge on any atom is -0.452 e. The molecule has 0 saturated carbocycles. The number of hydrogen-bond acceptors (Lipinski definition) is 5. The molecule has 0 radical (unpaired) electrons. The Balaban J connectivity index is 2.63. The second-order valence-corrected chi connectivity index (χ2v) is 5.04. The molecule has 1 aromatic rings. The molecule has 1 aliphatic heterocycles. The maximum absolute atomic E-state index is 11.7. The summed E-state index contributed by atoms with van der Waals surface area (Å²) in [5.41, 5.74) is 0.525. The van der Waals surface area contributed by atoms with Gasteiger partial charge in [-0.05, 0) is 11.6 Å². The van der Waals surface area contributed by atoms with Gasteiger partial charge in [0.25, 0.3) is 5.69 Å². The molecule has 102 valence electrons. The highest BCUT2D eigenvalue weighted by Gasteiger charge is 2.34. The molecular formula is C11H11BrN2O5. The van der Waals surface area contributed by atoms with Crippen LogP contribution in [-0.4, -0.2) is 35.9 Å². The Hall–Kier alpha value is -1.67. The van der Waals surface area contributed by atoms with E-state index in [2.05, 4.69) is 20.7 Å². The number of aliphatic hydroxyl groups excluding tert-OH is 1. The fraction of sp³-hybridized carbons (Fsp3) is 0.364. The van der Waals surface area contributed by atoms with Crippen molar-refractivity contribution in [3.8, 4) is 0 Å². The number of carbonyl (C=O) groups is 1. The zero-order valence-corrected chi connectivity index (χ0v) is 11.6. The molecule has 19 heavy (non-hydrogen) atoms. The lowest BCUT2D eigenvalue weighted by Gasteiger charge is -2.30. The Morgan fingerprint density at radius 3 is 2.89 bits per heavy atom. The van der Waals surface area contributed by atoms with Crippen LogP contribution in [0, 0.1) is 10.1 Å². The Kier molecular flexibility index (Phi) is 3.72. The molecule has 8 heteroatoms. The number of carbonyl (C=O) groups excluding carboxylic acids is 1. The quantitative estimate of drug-likeness (QED) is 0.626. The number of nitro groups is 1. The van der Waals surface area contributed by atoms with Crippen LogP contribution in [0.5, 0.6) is 0 Å². The summed E-state index contributed by atoms with van der Waals surface area (Å²) >= 11 is 3.18. The van der Waals surface area contributed by atoms with Gasteiger partial charge in [0, 0.05) is 17.0 Å². The van der Waals surface area contributed by atoms with Crippen LogP contribution in [0.2, 0.25) is 0 Å². The molecule has 1 N–H and O–H groups in total. The molecule has 1 atom stereocenters. The molecule has 0 fully saturated rings. The summed E-state index contributed by atoms with van der Waals surface area (Å²) in [7, 11) is 1.19. The fourth-order valence-electron chi connectivity index (χ4n) is 2.14. The SMILES string of the molecule is COC(=O)N1C[C@@H](O)Cc2cc(Br)cc([N+](=O)[O-])c21. The van der Waals surface area contributed by atoms with Gasteiger partial charge in [-0.25, -0.2) is 4.79 Å². The summed E-state index contributed by atoms with van der Waals surface area (Å²) in [5, 5.41) is 20.9. The third-order valence-corrected chi connectivity index (χ3v) is 3.30. The third kappa shape index (κ3) is 2.54. The number of fused-ring (bicyclic) bond motifs is 1. The zero-order valence-electron chi connectivity index (χ0n) is 10.00. The number of aliphatic hydroxyl groups is 1. The molecule has 2 rings (SSSR count). The second-order valence-electron chi connectivity index (χ2n) is 4.13. The molecule has 1 aromatic carbocycles. The van der Waals surface area contributed by atoms with Crippen molar-refractivity contribution >= 4 is 33.4 Å². The van der Waals surface area contributed by atoms with E-state index in [1.807, 2.05) is 0 Å². The van der Waals surface area contributed by atoms with Crippen LogP contribution in [0.15, 0.2) is 16.6 Å². The predicted molar refractivity (Wildman–Crippen MR) is 70.3 cm³/mol. The van der Waals surface area contributed by atoms with Crippen LogP contribution >= 0.6 is 15.9 Å². The molecule has 1 aliphatic rings. The minimum atomic E-state index is -0.777. The molecule has 1 heterocycles. The van der Waals surface area contributed by atoms with E-state index in [1.165, 1.54) is 13.2 Å². The number of nitrogens with zero attached hydrogens (tertiary/aromatic N) is 2. The Morgan fingerprint density at radius 2 is 2.32 bits per heavy atom. The maximum Gasteiger partial charge on any atom is 0.414 e. The number of hydrogen-bond donors (Lipinski definition) is 1. The molecule has 0 spiro atoms. The molecule has 7 nitrogen and oxygen atoms in total. The van der Waals surface area contributed by atoms with Crippen LogP contribution < -0.4 is 4.90 Å². The van der Waals surface area contributed by atoms with Gasteiger partial charge >= 0.3 is 6.09 Å². The largest absolute Gasteiger partial charge is 0.452 e. The number of β-amino-alcohol motifs (C(OH)–C–C–N with tert-alkyl or cyclic N) is 1. The number of methoxy groups -OCH3 is 1. The van der Waals surface area contributed by atoms with Gasteiger partial charge in [0.15, 0.2) is 0 Å². The van der Waals surface area contributed by atoms with Gasteiger partial charge in [-0.15, -0.1) is 0 Å². The number of halogens is 1. The first-order chi connectivity index (χ1) is 8.93. The number of rotatable bonds is 1. The molecular weight excluding hydrogens is 320 g/mol. The summed E-state index contributed by atoms with van der Waals surface area (Å²) in [6.45, 7) is -0.0256. The summed E-state index contributed by atoms with van der Waals surface area (Å²) in [6, 6.07) is 2.98. The van der Waals surface area contributed by atoms with Gasteiger partial charge in [-0.1, -0.05) is 15.9 Å². The highest BCUT2D eigenvalue weighted by atomic mass is 79.9. The van der Waals surface area contributed by atoms with E-state index in [1.54, 1.807) is 6.07 Å². The van der Waals surface area contributed by atoms with Crippen LogP contribution in [-0.2, 0) is 11.2 Å². The maximum atomic E-state index is 11.7. The molecule has 0 aliphatic carbocycles. The topological polar surface area (TPSA) is 92.9 Å². The monoisotopic (exact) mass is 330 g/mol. The van der Waals surface area contributed by atoms with E-state index >= 15 is 0 Å². The van der Waals surface area contributed by atoms with Crippen LogP contribution in [0.25, 0.3) is 0 Å². The molecule has 0 unspecified atom stereocenters. The van der Waals surface area contributed by atoms with Crippen molar-refractivity contribution in [3.05, 3.63) is 32.3 Å². The fourth-order valence-corrected chi connectivity index (χ4v) is 2.64. The lowest BCUT2D eigenvalue weighted by molar-refractivity contribution is -0.384. The normalized spacial score (nSPS) is 17.8. The summed E-state index contributed by atoms with van der Waals surface area (Å²) in [5.74, 6) is 0. The molecule has 0 bridgehead atoms. The van der Waals surface area contributed by atoms with Crippen molar-refractivity contribution in [2.45, 2.75) is 12.5 Å². The first-order valence-corrected chi connectivity index (χ1v) is 6.23. The van der Waals surface area contributed by atoms with Gasteiger partial charge in [0.05, 0.1) is 24.7 Å². The van der Waals surface area contributed by atoms with Crippen molar-refractivity contribution in [1.29, 1.82) is 0 Å². The van der Waals surface area contributed by atoms with Crippen LogP contribution in [0.4, 0.5) is 16.2 Å². The van der Waals surface area contributed by atoms with Crippen molar-refractivity contribution in [2.75, 3.05) is 18.6 Å². The van der Waals surface area contributed by atoms with Gasteiger partial charge in [-0.3, -0.25) is 15.0 Å². The number of ether oxygens (including phenoxy) is 1. The highest BCUT2D eigenvalue weighted by Crippen LogP contribution is 2.38. The number of benzene rings is 1. The minimum absolute atomic E-state index is 0.0256. The lowest BCUT2D eigenvalue weighted by Crippen LogP contribution is -2.42. The van der Waals surface area contributed by atoms with Gasteiger partial charge < -0.3 is 9.84 Å². The lowest BCUT2D eigenvalue weighted by atomic mass is 9.99. The van der Waals surface area contributed by atoms with Gasteiger partial charge in [0.2, 0.25) is 0 Å². The predicted octanol–water partition coefficient (Wildman–Crippen LogP) is 1.85. The van der Waals surface area contributed by atoms with Crippen molar-refractivity contribution in [2.24, 2.45) is 0 Å². The van der Waals surface area contributed by atoms with E-state index in [0.29, 0.717) is 10.0 Å². The van der Waals surface area contributed by atoms with Crippen molar-refractivity contribution in [1.82, 2.24) is 0 Å². The first-order valence-electron chi connectivity index (χ1n) is 5.44. The second kappa shape index (κ2) is 5.14. The molecule has 1 amide bonds.